The van der Waals surface area contributed by atoms with Gasteiger partial charge in [0.2, 0.25) is 0 Å². The minimum absolute atomic E-state index is 0.0210. The Hall–Kier alpha value is -1.41. The van der Waals surface area contributed by atoms with Gasteiger partial charge in [-0.05, 0) is 18.6 Å². The van der Waals surface area contributed by atoms with E-state index in [4.69, 9.17) is 5.26 Å². The first kappa shape index (κ1) is 10.7. The first-order valence-corrected chi connectivity index (χ1v) is 5.76. The van der Waals surface area contributed by atoms with Crippen LogP contribution in [0.1, 0.15) is 18.2 Å². The minimum atomic E-state index is -3.35. The quantitative estimate of drug-likeness (QED) is 0.731. The summed E-state index contributed by atoms with van der Waals surface area (Å²) in [7, 11) is -3.35. The molecule has 0 N–H and O–H groups in total. The maximum Gasteiger partial charge on any atom is 0.180 e. The van der Waals surface area contributed by atoms with Crippen molar-refractivity contribution in [2.45, 2.75) is 18.7 Å². The predicted molar refractivity (Wildman–Crippen MR) is 51.4 cm³/mol. The molecule has 74 valence electrons. The molecule has 1 aromatic heterocycles. The Bertz CT molecular complexity index is 486. The highest BCUT2D eigenvalue weighted by Crippen LogP contribution is 2.15. The zero-order valence-electron chi connectivity index (χ0n) is 7.98. The summed E-state index contributed by atoms with van der Waals surface area (Å²) in [6.45, 7) is 3.28. The van der Waals surface area contributed by atoms with Crippen LogP contribution in [-0.2, 0) is 9.84 Å². The number of pyridine rings is 1. The van der Waals surface area contributed by atoms with Gasteiger partial charge < -0.3 is 0 Å². The summed E-state index contributed by atoms with van der Waals surface area (Å²) in [5.41, 5.74) is 0.702. The Labute approximate surface area is 83.1 Å². The Morgan fingerprint density at radius 2 is 2.21 bits per heavy atom. The predicted octanol–water partition coefficient (Wildman–Crippen LogP) is 1.06. The van der Waals surface area contributed by atoms with Crippen molar-refractivity contribution in [2.75, 3.05) is 5.75 Å². The second-order valence-corrected chi connectivity index (χ2v) is 5.12. The van der Waals surface area contributed by atoms with Crippen molar-refractivity contribution >= 4 is 9.84 Å². The van der Waals surface area contributed by atoms with Gasteiger partial charge in [-0.3, -0.25) is 0 Å². The van der Waals surface area contributed by atoms with Crippen LogP contribution >= 0.6 is 0 Å². The van der Waals surface area contributed by atoms with Crippen LogP contribution in [-0.4, -0.2) is 19.2 Å². The molecule has 5 heteroatoms. The lowest BCUT2D eigenvalue weighted by Gasteiger charge is -2.03. The topological polar surface area (TPSA) is 70.8 Å². The second-order valence-electron chi connectivity index (χ2n) is 2.87. The van der Waals surface area contributed by atoms with Crippen molar-refractivity contribution in [1.82, 2.24) is 4.98 Å². The van der Waals surface area contributed by atoms with Gasteiger partial charge in [-0.25, -0.2) is 13.4 Å². The maximum absolute atomic E-state index is 11.5. The number of aromatic nitrogens is 1. The summed E-state index contributed by atoms with van der Waals surface area (Å²) >= 11 is 0. The highest BCUT2D eigenvalue weighted by molar-refractivity contribution is 7.91. The van der Waals surface area contributed by atoms with Gasteiger partial charge in [0.15, 0.2) is 15.5 Å². The molecule has 0 unspecified atom stereocenters. The van der Waals surface area contributed by atoms with E-state index in [0.29, 0.717) is 0 Å². The Kier molecular flexibility index (Phi) is 2.87. The van der Waals surface area contributed by atoms with Gasteiger partial charge in [-0.2, -0.15) is 5.26 Å². The van der Waals surface area contributed by atoms with Gasteiger partial charge in [0.1, 0.15) is 11.0 Å². The van der Waals surface area contributed by atoms with Crippen molar-refractivity contribution < 1.29 is 8.42 Å². The molecule has 0 aliphatic heterocycles. The minimum Gasteiger partial charge on any atom is -0.244 e. The fourth-order valence-corrected chi connectivity index (χ4v) is 2.09. The van der Waals surface area contributed by atoms with E-state index in [9.17, 15) is 8.42 Å². The number of sulfone groups is 1. The third kappa shape index (κ3) is 1.91. The standard InChI is InChI=1S/C9H10N2O2S/c1-3-14(12,13)9-4-7(2)6-11-8(9)5-10/h4,6H,3H2,1-2H3. The molecule has 14 heavy (non-hydrogen) atoms. The molecule has 0 fully saturated rings. The first-order valence-electron chi connectivity index (χ1n) is 4.10. The number of hydrogen-bond donors (Lipinski definition) is 0. The molecule has 0 saturated carbocycles. The molecule has 1 rings (SSSR count). The fraction of sp³-hybridized carbons (Fsp3) is 0.333. The van der Waals surface area contributed by atoms with Crippen LogP contribution < -0.4 is 0 Å². The van der Waals surface area contributed by atoms with E-state index in [1.54, 1.807) is 19.9 Å². The van der Waals surface area contributed by atoms with Crippen LogP contribution in [0.15, 0.2) is 17.2 Å². The molecule has 0 saturated heterocycles. The van der Waals surface area contributed by atoms with E-state index in [1.807, 2.05) is 0 Å². The van der Waals surface area contributed by atoms with Gasteiger partial charge in [-0.1, -0.05) is 6.92 Å². The fourth-order valence-electron chi connectivity index (χ4n) is 1.02. The average Bonchev–Trinajstić information content (AvgIpc) is 2.18. The zero-order chi connectivity index (χ0) is 10.8. The average molecular weight is 210 g/mol. The van der Waals surface area contributed by atoms with Crippen LogP contribution in [0.25, 0.3) is 0 Å². The molecule has 0 spiro atoms. The lowest BCUT2D eigenvalue weighted by Crippen LogP contribution is -2.07. The number of hydrogen-bond acceptors (Lipinski definition) is 4. The summed E-state index contributed by atoms with van der Waals surface area (Å²) in [6.07, 6.45) is 1.48. The molecule has 0 bridgehead atoms. The molecular formula is C9H10N2O2S. The molecule has 1 heterocycles. The van der Waals surface area contributed by atoms with Gasteiger partial charge in [0, 0.05) is 6.20 Å². The van der Waals surface area contributed by atoms with E-state index in [-0.39, 0.29) is 16.3 Å². The van der Waals surface area contributed by atoms with Crippen molar-refractivity contribution in [2.24, 2.45) is 0 Å². The number of aryl methyl sites for hydroxylation is 1. The molecule has 4 nitrogen and oxygen atoms in total. The highest BCUT2D eigenvalue weighted by Gasteiger charge is 2.17. The molecule has 0 amide bonds. The monoisotopic (exact) mass is 210 g/mol. The molecule has 0 radical (unpaired) electrons. The van der Waals surface area contributed by atoms with Crippen molar-refractivity contribution in [3.8, 4) is 6.07 Å². The summed E-state index contributed by atoms with van der Waals surface area (Å²) in [6, 6.07) is 3.25. The van der Waals surface area contributed by atoms with Crippen molar-refractivity contribution in [3.05, 3.63) is 23.5 Å². The lowest BCUT2D eigenvalue weighted by atomic mass is 10.3. The summed E-state index contributed by atoms with van der Waals surface area (Å²) < 4.78 is 23.1. The molecule has 0 aliphatic carbocycles. The van der Waals surface area contributed by atoms with Crippen LogP contribution in [0.2, 0.25) is 0 Å². The highest BCUT2D eigenvalue weighted by atomic mass is 32.2. The van der Waals surface area contributed by atoms with Crippen LogP contribution in [0, 0.1) is 18.3 Å². The zero-order valence-corrected chi connectivity index (χ0v) is 8.80. The molecule has 0 aromatic carbocycles. The van der Waals surface area contributed by atoms with Crippen molar-refractivity contribution in [3.63, 3.8) is 0 Å². The molecule has 0 atom stereocenters. The van der Waals surface area contributed by atoms with Gasteiger partial charge in [-0.15, -0.1) is 0 Å². The van der Waals surface area contributed by atoms with E-state index < -0.39 is 9.84 Å². The third-order valence-corrected chi connectivity index (χ3v) is 3.55. The molecular weight excluding hydrogens is 200 g/mol. The maximum atomic E-state index is 11.5. The number of nitrogens with zero attached hydrogens (tertiary/aromatic N) is 2. The number of rotatable bonds is 2. The largest absolute Gasteiger partial charge is 0.244 e. The van der Waals surface area contributed by atoms with Gasteiger partial charge in [0.05, 0.1) is 5.75 Å². The summed E-state index contributed by atoms with van der Waals surface area (Å²) in [4.78, 5) is 3.80. The van der Waals surface area contributed by atoms with Crippen molar-refractivity contribution in [1.29, 1.82) is 5.26 Å². The SMILES string of the molecule is CCS(=O)(=O)c1cc(C)cnc1C#N. The van der Waals surface area contributed by atoms with Crippen LogP contribution in [0.4, 0.5) is 0 Å². The summed E-state index contributed by atoms with van der Waals surface area (Å²) in [5.74, 6) is -0.0210. The second kappa shape index (κ2) is 3.76. The Morgan fingerprint density at radius 3 is 2.71 bits per heavy atom. The van der Waals surface area contributed by atoms with Gasteiger partial charge >= 0.3 is 0 Å². The van der Waals surface area contributed by atoms with E-state index in [0.717, 1.165) is 5.56 Å². The number of nitriles is 1. The Balaban J connectivity index is 3.49. The third-order valence-electron chi connectivity index (χ3n) is 1.81. The smallest absolute Gasteiger partial charge is 0.180 e. The van der Waals surface area contributed by atoms with Crippen LogP contribution in [0.3, 0.4) is 0 Å². The summed E-state index contributed by atoms with van der Waals surface area (Å²) in [5, 5.41) is 8.69. The van der Waals surface area contributed by atoms with E-state index >= 15 is 0 Å². The van der Waals surface area contributed by atoms with Crippen LogP contribution in [0.5, 0.6) is 0 Å². The lowest BCUT2D eigenvalue weighted by molar-refractivity contribution is 0.596. The van der Waals surface area contributed by atoms with Gasteiger partial charge in [0.25, 0.3) is 0 Å². The van der Waals surface area contributed by atoms with E-state index in [2.05, 4.69) is 4.98 Å². The Morgan fingerprint density at radius 1 is 1.57 bits per heavy atom. The molecule has 0 aliphatic rings. The molecule has 1 aromatic rings. The van der Waals surface area contributed by atoms with E-state index in [1.165, 1.54) is 12.3 Å². The normalized spacial score (nSPS) is 10.9. The first-order chi connectivity index (χ1) is 6.51.